The first-order valence-corrected chi connectivity index (χ1v) is 5.90. The average Bonchev–Trinajstić information content (AvgIpc) is 2.15. The molecule has 1 N–H and O–H groups in total. The monoisotopic (exact) mass is 212 g/mol. The molecule has 3 nitrogen and oxygen atoms in total. The zero-order valence-corrected chi connectivity index (χ0v) is 10.5. The van der Waals surface area contributed by atoms with Gasteiger partial charge < -0.3 is 10.2 Å². The van der Waals surface area contributed by atoms with Crippen LogP contribution < -0.4 is 5.32 Å². The molecule has 1 amide bonds. The Balaban J connectivity index is 2.44. The van der Waals surface area contributed by atoms with Crippen LogP contribution in [-0.4, -0.2) is 37.0 Å². The largest absolute Gasteiger partial charge is 0.340 e. The Labute approximate surface area is 93.2 Å². The maximum Gasteiger partial charge on any atom is 0.225 e. The van der Waals surface area contributed by atoms with E-state index < -0.39 is 0 Å². The molecule has 0 bridgehead atoms. The van der Waals surface area contributed by atoms with Gasteiger partial charge in [0.05, 0.1) is 0 Å². The van der Waals surface area contributed by atoms with Crippen LogP contribution in [0.2, 0.25) is 0 Å². The van der Waals surface area contributed by atoms with Crippen molar-refractivity contribution in [3.63, 3.8) is 0 Å². The lowest BCUT2D eigenvalue weighted by Gasteiger charge is -2.31. The van der Waals surface area contributed by atoms with Crippen molar-refractivity contribution in [3.8, 4) is 0 Å². The molecule has 1 heterocycles. The summed E-state index contributed by atoms with van der Waals surface area (Å²) in [4.78, 5) is 14.1. The average molecular weight is 212 g/mol. The number of piperazine rings is 1. The number of nitrogens with one attached hydrogen (secondary N) is 1. The van der Waals surface area contributed by atoms with Crippen molar-refractivity contribution in [2.75, 3.05) is 26.2 Å². The van der Waals surface area contributed by atoms with Crippen molar-refractivity contribution in [1.82, 2.24) is 10.2 Å². The molecular weight excluding hydrogens is 188 g/mol. The predicted molar refractivity (Wildman–Crippen MR) is 62.7 cm³/mol. The third-order valence-corrected chi connectivity index (χ3v) is 2.77. The predicted octanol–water partition coefficient (Wildman–Crippen LogP) is 1.49. The lowest BCUT2D eigenvalue weighted by molar-refractivity contribution is -0.136. The number of hydrogen-bond acceptors (Lipinski definition) is 2. The van der Waals surface area contributed by atoms with Gasteiger partial charge >= 0.3 is 0 Å². The standard InChI is InChI=1S/C12H24N2O/c1-10(9-12(2,3)4)11(15)14-7-5-13-6-8-14/h10,13H,5-9H2,1-4H3. The van der Waals surface area contributed by atoms with Gasteiger partial charge in [-0.05, 0) is 11.8 Å². The number of hydrogen-bond donors (Lipinski definition) is 1. The lowest BCUT2D eigenvalue weighted by Crippen LogP contribution is -2.48. The Bertz CT molecular complexity index is 214. The van der Waals surface area contributed by atoms with E-state index in [1.165, 1.54) is 0 Å². The zero-order chi connectivity index (χ0) is 11.5. The summed E-state index contributed by atoms with van der Waals surface area (Å²) in [5, 5.41) is 3.26. The molecule has 1 unspecified atom stereocenters. The molecule has 88 valence electrons. The minimum atomic E-state index is 0.156. The fourth-order valence-corrected chi connectivity index (χ4v) is 2.20. The Morgan fingerprint density at radius 1 is 1.33 bits per heavy atom. The summed E-state index contributed by atoms with van der Waals surface area (Å²) in [7, 11) is 0. The van der Waals surface area contributed by atoms with Crippen LogP contribution in [0.3, 0.4) is 0 Å². The summed E-state index contributed by atoms with van der Waals surface area (Å²) in [6.45, 7) is 12.2. The van der Waals surface area contributed by atoms with Gasteiger partial charge in [-0.15, -0.1) is 0 Å². The molecule has 1 aliphatic heterocycles. The van der Waals surface area contributed by atoms with Crippen LogP contribution >= 0.6 is 0 Å². The molecule has 1 saturated heterocycles. The first kappa shape index (κ1) is 12.5. The molecule has 0 saturated carbocycles. The maximum absolute atomic E-state index is 12.1. The van der Waals surface area contributed by atoms with Crippen LogP contribution in [0.4, 0.5) is 0 Å². The van der Waals surface area contributed by atoms with Crippen LogP contribution in [0.5, 0.6) is 0 Å². The van der Waals surface area contributed by atoms with Crippen molar-refractivity contribution >= 4 is 5.91 Å². The van der Waals surface area contributed by atoms with Gasteiger partial charge in [0.15, 0.2) is 0 Å². The van der Waals surface area contributed by atoms with Crippen LogP contribution in [0, 0.1) is 11.3 Å². The Kier molecular flexibility index (Phi) is 4.14. The van der Waals surface area contributed by atoms with E-state index in [0.717, 1.165) is 32.6 Å². The van der Waals surface area contributed by atoms with Crippen LogP contribution in [-0.2, 0) is 4.79 Å². The fourth-order valence-electron chi connectivity index (χ4n) is 2.20. The quantitative estimate of drug-likeness (QED) is 0.752. The van der Waals surface area contributed by atoms with Crippen LogP contribution in [0.1, 0.15) is 34.1 Å². The first-order chi connectivity index (χ1) is 6.90. The fraction of sp³-hybridized carbons (Fsp3) is 0.917. The Morgan fingerprint density at radius 2 is 1.87 bits per heavy atom. The minimum absolute atomic E-state index is 0.156. The second-order valence-electron chi connectivity index (χ2n) is 5.74. The van der Waals surface area contributed by atoms with E-state index in [-0.39, 0.29) is 11.3 Å². The first-order valence-electron chi connectivity index (χ1n) is 5.90. The molecule has 0 aromatic rings. The molecule has 0 aliphatic carbocycles. The smallest absolute Gasteiger partial charge is 0.225 e. The highest BCUT2D eigenvalue weighted by molar-refractivity contribution is 5.78. The van der Waals surface area contributed by atoms with E-state index in [1.807, 2.05) is 4.90 Å². The summed E-state index contributed by atoms with van der Waals surface area (Å²) in [6.07, 6.45) is 0.968. The topological polar surface area (TPSA) is 32.3 Å². The number of carbonyl (C=O) groups excluding carboxylic acids is 1. The molecule has 0 radical (unpaired) electrons. The molecule has 1 fully saturated rings. The highest BCUT2D eigenvalue weighted by Gasteiger charge is 2.25. The molecule has 3 heteroatoms. The van der Waals surface area contributed by atoms with Gasteiger partial charge in [0.1, 0.15) is 0 Å². The van der Waals surface area contributed by atoms with Crippen LogP contribution in [0.25, 0.3) is 0 Å². The third-order valence-electron chi connectivity index (χ3n) is 2.77. The van der Waals surface area contributed by atoms with E-state index in [0.29, 0.717) is 5.91 Å². The molecule has 1 rings (SSSR count). The summed E-state index contributed by atoms with van der Waals surface area (Å²) >= 11 is 0. The van der Waals surface area contributed by atoms with Crippen molar-refractivity contribution in [2.24, 2.45) is 11.3 Å². The normalized spacial score (nSPS) is 20.1. The summed E-state index contributed by atoms with van der Waals surface area (Å²) in [6, 6.07) is 0. The summed E-state index contributed by atoms with van der Waals surface area (Å²) < 4.78 is 0. The van der Waals surface area contributed by atoms with Gasteiger partial charge in [-0.2, -0.15) is 0 Å². The van der Waals surface area contributed by atoms with Crippen molar-refractivity contribution in [1.29, 1.82) is 0 Å². The molecule has 0 aromatic heterocycles. The van der Waals surface area contributed by atoms with E-state index in [1.54, 1.807) is 0 Å². The third kappa shape index (κ3) is 4.20. The van der Waals surface area contributed by atoms with Crippen molar-refractivity contribution in [2.45, 2.75) is 34.1 Å². The second kappa shape index (κ2) is 4.97. The van der Waals surface area contributed by atoms with E-state index >= 15 is 0 Å². The molecule has 15 heavy (non-hydrogen) atoms. The number of nitrogens with zero attached hydrogens (tertiary/aromatic N) is 1. The van der Waals surface area contributed by atoms with Gasteiger partial charge in [0, 0.05) is 32.1 Å². The summed E-state index contributed by atoms with van der Waals surface area (Å²) in [5.74, 6) is 0.481. The van der Waals surface area contributed by atoms with Crippen LogP contribution in [0.15, 0.2) is 0 Å². The highest BCUT2D eigenvalue weighted by Crippen LogP contribution is 2.25. The second-order valence-corrected chi connectivity index (χ2v) is 5.74. The molecule has 1 aliphatic rings. The van der Waals surface area contributed by atoms with Gasteiger partial charge in [0.2, 0.25) is 5.91 Å². The van der Waals surface area contributed by atoms with Gasteiger partial charge in [-0.1, -0.05) is 27.7 Å². The molecule has 0 aromatic carbocycles. The van der Waals surface area contributed by atoms with E-state index in [9.17, 15) is 4.79 Å². The van der Waals surface area contributed by atoms with Gasteiger partial charge in [-0.3, -0.25) is 4.79 Å². The minimum Gasteiger partial charge on any atom is -0.340 e. The Morgan fingerprint density at radius 3 is 2.33 bits per heavy atom. The number of amides is 1. The van der Waals surface area contributed by atoms with Crippen molar-refractivity contribution < 1.29 is 4.79 Å². The van der Waals surface area contributed by atoms with Gasteiger partial charge in [-0.25, -0.2) is 0 Å². The molecule has 1 atom stereocenters. The number of carbonyl (C=O) groups is 1. The number of rotatable bonds is 2. The van der Waals surface area contributed by atoms with E-state index in [4.69, 9.17) is 0 Å². The Hall–Kier alpha value is -0.570. The maximum atomic E-state index is 12.1. The lowest BCUT2D eigenvalue weighted by atomic mass is 9.85. The van der Waals surface area contributed by atoms with Crippen molar-refractivity contribution in [3.05, 3.63) is 0 Å². The summed E-state index contributed by atoms with van der Waals surface area (Å²) in [5.41, 5.74) is 0.239. The van der Waals surface area contributed by atoms with Gasteiger partial charge in [0.25, 0.3) is 0 Å². The molecule has 0 spiro atoms. The highest BCUT2D eigenvalue weighted by atomic mass is 16.2. The van der Waals surface area contributed by atoms with E-state index in [2.05, 4.69) is 33.0 Å². The molecular formula is C12H24N2O. The SMILES string of the molecule is CC(CC(C)(C)C)C(=O)N1CCNCC1. The zero-order valence-electron chi connectivity index (χ0n) is 10.5.